The summed E-state index contributed by atoms with van der Waals surface area (Å²) < 4.78 is 27.6. The normalized spacial score (nSPS) is 39.4. The third-order valence-corrected chi connectivity index (χ3v) is 5.06. The average molecular weight is 430 g/mol. The summed E-state index contributed by atoms with van der Waals surface area (Å²) in [6.45, 7) is 3.64. The van der Waals surface area contributed by atoms with Crippen molar-refractivity contribution in [3.63, 3.8) is 0 Å². The Morgan fingerprint density at radius 3 is 2.03 bits per heavy atom. The van der Waals surface area contributed by atoms with Crippen molar-refractivity contribution in [1.82, 2.24) is 0 Å². The van der Waals surface area contributed by atoms with Crippen LogP contribution in [-0.4, -0.2) is 93.7 Å². The van der Waals surface area contributed by atoms with Gasteiger partial charge < -0.3 is 49.2 Å². The molecule has 0 aromatic heterocycles. The Bertz CT molecular complexity index is 656. The Balaban J connectivity index is 0.000000216. The number of fused-ring (bicyclic) bond motifs is 1. The van der Waals surface area contributed by atoms with Crippen molar-refractivity contribution < 1.29 is 49.2 Å². The van der Waals surface area contributed by atoms with Crippen molar-refractivity contribution in [2.45, 2.75) is 75.4 Å². The van der Waals surface area contributed by atoms with E-state index in [1.54, 1.807) is 0 Å². The Morgan fingerprint density at radius 2 is 1.50 bits per heavy atom. The molecule has 10 heteroatoms. The number of aliphatic hydroxyl groups is 5. The second kappa shape index (κ2) is 9.96. The summed E-state index contributed by atoms with van der Waals surface area (Å²) in [5.41, 5.74) is 1.07. The largest absolute Gasteiger partial charge is 0.394 e. The summed E-state index contributed by atoms with van der Waals surface area (Å²) in [6, 6.07) is 9.87. The molecule has 0 saturated carbocycles. The minimum absolute atomic E-state index is 0.105. The lowest BCUT2D eigenvalue weighted by molar-refractivity contribution is -0.239. The highest BCUT2D eigenvalue weighted by Gasteiger charge is 2.55. The SMILES string of the molecule is CC1(C)OC2C(OCc3ccccc3)O[C@@H](CO)C2O1.OC[C@@H]1OC(O)C(O)C1O. The lowest BCUT2D eigenvalue weighted by Gasteiger charge is -2.23. The van der Waals surface area contributed by atoms with Gasteiger partial charge in [0, 0.05) is 0 Å². The van der Waals surface area contributed by atoms with Crippen molar-refractivity contribution in [1.29, 1.82) is 0 Å². The van der Waals surface area contributed by atoms with Crippen LogP contribution in [0.4, 0.5) is 0 Å². The van der Waals surface area contributed by atoms with Gasteiger partial charge in [0.2, 0.25) is 0 Å². The number of rotatable bonds is 5. The maximum absolute atomic E-state index is 9.37. The molecule has 30 heavy (non-hydrogen) atoms. The molecular weight excluding hydrogens is 400 g/mol. The van der Waals surface area contributed by atoms with Gasteiger partial charge in [-0.25, -0.2) is 0 Å². The molecular formula is C20H30O10. The number of hydrogen-bond donors (Lipinski definition) is 5. The molecule has 3 aliphatic heterocycles. The quantitative estimate of drug-likeness (QED) is 0.388. The van der Waals surface area contributed by atoms with Gasteiger partial charge in [0.25, 0.3) is 0 Å². The molecule has 5 N–H and O–H groups in total. The number of hydrogen-bond acceptors (Lipinski definition) is 10. The highest BCUT2D eigenvalue weighted by atomic mass is 16.8. The van der Waals surface area contributed by atoms with E-state index in [1.807, 2.05) is 44.2 Å². The van der Waals surface area contributed by atoms with Gasteiger partial charge in [-0.3, -0.25) is 0 Å². The van der Waals surface area contributed by atoms with Crippen LogP contribution in [0.1, 0.15) is 19.4 Å². The van der Waals surface area contributed by atoms with Crippen LogP contribution in [0.15, 0.2) is 30.3 Å². The summed E-state index contributed by atoms with van der Waals surface area (Å²) in [4.78, 5) is 0. The number of benzene rings is 1. The van der Waals surface area contributed by atoms with Gasteiger partial charge in [-0.05, 0) is 19.4 Å². The highest BCUT2D eigenvalue weighted by molar-refractivity contribution is 5.13. The van der Waals surface area contributed by atoms with Crippen LogP contribution in [0.5, 0.6) is 0 Å². The van der Waals surface area contributed by atoms with E-state index in [9.17, 15) is 5.11 Å². The summed E-state index contributed by atoms with van der Waals surface area (Å²) in [5, 5.41) is 44.3. The average Bonchev–Trinajstić information content (AvgIpc) is 3.31. The molecule has 3 fully saturated rings. The monoisotopic (exact) mass is 430 g/mol. The van der Waals surface area contributed by atoms with Gasteiger partial charge in [-0.1, -0.05) is 30.3 Å². The molecule has 0 spiro atoms. The van der Waals surface area contributed by atoms with Crippen LogP contribution in [-0.2, 0) is 30.3 Å². The van der Waals surface area contributed by atoms with E-state index in [1.165, 1.54) is 0 Å². The zero-order valence-corrected chi connectivity index (χ0v) is 16.9. The zero-order chi connectivity index (χ0) is 21.9. The Morgan fingerprint density at radius 1 is 0.867 bits per heavy atom. The first-order valence-corrected chi connectivity index (χ1v) is 9.83. The molecule has 0 amide bonds. The summed E-state index contributed by atoms with van der Waals surface area (Å²) in [6.07, 6.45) is -6.25. The summed E-state index contributed by atoms with van der Waals surface area (Å²) >= 11 is 0. The van der Waals surface area contributed by atoms with E-state index in [-0.39, 0.29) is 18.8 Å². The van der Waals surface area contributed by atoms with E-state index >= 15 is 0 Å². The molecule has 170 valence electrons. The molecule has 1 aromatic carbocycles. The maximum atomic E-state index is 9.37. The fourth-order valence-corrected chi connectivity index (χ4v) is 3.56. The topological polar surface area (TPSA) is 147 Å². The van der Waals surface area contributed by atoms with Crippen LogP contribution >= 0.6 is 0 Å². The molecule has 4 rings (SSSR count). The van der Waals surface area contributed by atoms with E-state index < -0.39 is 49.4 Å². The fourth-order valence-electron chi connectivity index (χ4n) is 3.56. The lowest BCUT2D eigenvalue weighted by atomic mass is 10.1. The van der Waals surface area contributed by atoms with Crippen molar-refractivity contribution in [2.24, 2.45) is 0 Å². The van der Waals surface area contributed by atoms with Crippen LogP contribution in [0, 0.1) is 0 Å². The van der Waals surface area contributed by atoms with Gasteiger partial charge in [0.05, 0.1) is 19.8 Å². The second-order valence-electron chi connectivity index (χ2n) is 7.82. The molecule has 3 aliphatic rings. The van der Waals surface area contributed by atoms with E-state index in [2.05, 4.69) is 4.74 Å². The molecule has 1 aromatic rings. The predicted molar refractivity (Wildman–Crippen MR) is 101 cm³/mol. The molecule has 3 heterocycles. The van der Waals surface area contributed by atoms with Gasteiger partial charge in [-0.15, -0.1) is 0 Å². The molecule has 0 aliphatic carbocycles. The third kappa shape index (κ3) is 5.35. The third-order valence-electron chi connectivity index (χ3n) is 5.06. The molecule has 10 nitrogen and oxygen atoms in total. The van der Waals surface area contributed by atoms with E-state index in [4.69, 9.17) is 39.4 Å². The molecule has 6 unspecified atom stereocenters. The minimum atomic E-state index is -1.38. The Kier molecular flexibility index (Phi) is 7.80. The van der Waals surface area contributed by atoms with Crippen LogP contribution < -0.4 is 0 Å². The molecule has 3 saturated heterocycles. The summed E-state index contributed by atoms with van der Waals surface area (Å²) in [7, 11) is 0. The first-order chi connectivity index (χ1) is 14.3. The Labute approximate surface area is 174 Å². The highest BCUT2D eigenvalue weighted by Crippen LogP contribution is 2.39. The minimum Gasteiger partial charge on any atom is -0.394 e. The van der Waals surface area contributed by atoms with Crippen LogP contribution in [0.3, 0.4) is 0 Å². The lowest BCUT2D eigenvalue weighted by Crippen LogP contribution is -2.33. The van der Waals surface area contributed by atoms with Gasteiger partial charge in [-0.2, -0.15) is 0 Å². The molecule has 0 bridgehead atoms. The first-order valence-electron chi connectivity index (χ1n) is 9.83. The molecule has 0 radical (unpaired) electrons. The maximum Gasteiger partial charge on any atom is 0.187 e. The number of ether oxygens (including phenoxy) is 5. The molecule has 8 atom stereocenters. The smallest absolute Gasteiger partial charge is 0.187 e. The number of aliphatic hydroxyl groups excluding tert-OH is 5. The standard InChI is InChI=1S/C15H20O5.C5H10O5/c1-15(2)19-12-11(8-16)18-14(13(12)20-15)17-9-10-6-4-3-5-7-10;6-1-2-3(7)4(8)5(9)10-2/h3-7,11-14,16H,8-9H2,1-2H3;2-9H,1H2/t11-,12?,13?,14?;2-,3?,4?,5?/m00/s1. The summed E-state index contributed by atoms with van der Waals surface area (Å²) in [5.74, 6) is -0.666. The van der Waals surface area contributed by atoms with Crippen LogP contribution in [0.2, 0.25) is 0 Å². The van der Waals surface area contributed by atoms with Crippen molar-refractivity contribution in [3.8, 4) is 0 Å². The van der Waals surface area contributed by atoms with Crippen molar-refractivity contribution in [3.05, 3.63) is 35.9 Å². The van der Waals surface area contributed by atoms with Crippen molar-refractivity contribution >= 4 is 0 Å². The predicted octanol–water partition coefficient (Wildman–Crippen LogP) is -1.14. The Hall–Kier alpha value is -1.18. The second-order valence-corrected chi connectivity index (χ2v) is 7.82. The first kappa shape index (κ1) is 23.5. The van der Waals surface area contributed by atoms with Gasteiger partial charge in [0.15, 0.2) is 18.4 Å². The van der Waals surface area contributed by atoms with Crippen molar-refractivity contribution in [2.75, 3.05) is 13.2 Å². The van der Waals surface area contributed by atoms with E-state index in [0.717, 1.165) is 5.56 Å². The van der Waals surface area contributed by atoms with Gasteiger partial charge >= 0.3 is 0 Å². The fraction of sp³-hybridized carbons (Fsp3) is 0.700. The van der Waals surface area contributed by atoms with Gasteiger partial charge in [0.1, 0.15) is 36.6 Å². The van der Waals surface area contributed by atoms with E-state index in [0.29, 0.717) is 6.61 Å². The zero-order valence-electron chi connectivity index (χ0n) is 16.9. The van der Waals surface area contributed by atoms with Crippen LogP contribution in [0.25, 0.3) is 0 Å².